The van der Waals surface area contributed by atoms with Crippen LogP contribution in [0.5, 0.6) is 0 Å². The van der Waals surface area contributed by atoms with Crippen molar-refractivity contribution >= 4 is 21.6 Å². The molecule has 5 nitrogen and oxygen atoms in total. The number of halogens is 1. The highest BCUT2D eigenvalue weighted by atomic mass is 32.2. The summed E-state index contributed by atoms with van der Waals surface area (Å²) in [6.07, 6.45) is 1.01. The molecule has 0 saturated heterocycles. The molecule has 0 aromatic heterocycles. The van der Waals surface area contributed by atoms with Gasteiger partial charge in [-0.2, -0.15) is 0 Å². The molecule has 7 heteroatoms. The second-order valence-electron chi connectivity index (χ2n) is 6.38. The van der Waals surface area contributed by atoms with Gasteiger partial charge in [0.15, 0.2) is 0 Å². The highest BCUT2D eigenvalue weighted by Crippen LogP contribution is 2.19. The van der Waals surface area contributed by atoms with Crippen molar-refractivity contribution in [3.8, 4) is 0 Å². The topological polar surface area (TPSA) is 66.5 Å². The molecule has 0 saturated carbocycles. The molecule has 2 aromatic carbocycles. The van der Waals surface area contributed by atoms with Crippen molar-refractivity contribution in [2.24, 2.45) is 0 Å². The normalized spacial score (nSPS) is 12.5. The second-order valence-corrected chi connectivity index (χ2v) is 8.29. The van der Waals surface area contributed by atoms with Gasteiger partial charge in [-0.25, -0.2) is 12.8 Å². The van der Waals surface area contributed by atoms with Crippen LogP contribution in [0.25, 0.3) is 0 Å². The highest BCUT2D eigenvalue weighted by molar-refractivity contribution is 7.92. The summed E-state index contributed by atoms with van der Waals surface area (Å²) in [5, 5.41) is 2.81. The Hall–Kier alpha value is -2.41. The van der Waals surface area contributed by atoms with Crippen molar-refractivity contribution < 1.29 is 17.6 Å². The minimum absolute atomic E-state index is 0.239. The first kappa shape index (κ1) is 19.9. The van der Waals surface area contributed by atoms with E-state index in [0.29, 0.717) is 0 Å². The van der Waals surface area contributed by atoms with Gasteiger partial charge >= 0.3 is 0 Å². The molecule has 0 unspecified atom stereocenters. The van der Waals surface area contributed by atoms with Crippen molar-refractivity contribution in [1.29, 1.82) is 0 Å². The summed E-state index contributed by atoms with van der Waals surface area (Å²) in [6.45, 7) is 5.46. The Morgan fingerprint density at radius 2 is 1.73 bits per heavy atom. The van der Waals surface area contributed by atoms with Crippen molar-refractivity contribution in [2.75, 3.05) is 17.1 Å². The van der Waals surface area contributed by atoms with Crippen LogP contribution in [0.1, 0.15) is 29.7 Å². The van der Waals surface area contributed by atoms with Gasteiger partial charge in [0.25, 0.3) is 0 Å². The highest BCUT2D eigenvalue weighted by Gasteiger charge is 2.22. The van der Waals surface area contributed by atoms with Gasteiger partial charge in [0.1, 0.15) is 12.4 Å². The number of carbonyl (C=O) groups is 1. The Labute approximate surface area is 153 Å². The van der Waals surface area contributed by atoms with E-state index in [0.717, 1.165) is 39.4 Å². The molecular weight excluding hydrogens is 355 g/mol. The molecule has 0 fully saturated rings. The number of hydrogen-bond donors (Lipinski definition) is 1. The van der Waals surface area contributed by atoms with E-state index in [1.807, 2.05) is 39.0 Å². The van der Waals surface area contributed by atoms with Crippen LogP contribution in [0.15, 0.2) is 42.5 Å². The summed E-state index contributed by atoms with van der Waals surface area (Å²) in [5.41, 5.74) is 3.46. The summed E-state index contributed by atoms with van der Waals surface area (Å²) in [5.74, 6) is -0.916. The van der Waals surface area contributed by atoms with Crippen LogP contribution < -0.4 is 9.62 Å². The molecule has 0 aliphatic heterocycles. The fourth-order valence-electron chi connectivity index (χ4n) is 2.54. The van der Waals surface area contributed by atoms with E-state index >= 15 is 0 Å². The van der Waals surface area contributed by atoms with Crippen LogP contribution >= 0.6 is 0 Å². The van der Waals surface area contributed by atoms with E-state index in [1.165, 1.54) is 12.1 Å². The molecule has 1 amide bonds. The molecule has 1 N–H and O–H groups in total. The lowest BCUT2D eigenvalue weighted by Crippen LogP contribution is -2.41. The van der Waals surface area contributed by atoms with Crippen LogP contribution in [0.2, 0.25) is 0 Å². The third kappa shape index (κ3) is 5.05. The van der Waals surface area contributed by atoms with Gasteiger partial charge in [0, 0.05) is 0 Å². The number of rotatable bonds is 6. The van der Waals surface area contributed by atoms with E-state index in [2.05, 4.69) is 5.32 Å². The lowest BCUT2D eigenvalue weighted by Gasteiger charge is -2.23. The van der Waals surface area contributed by atoms with Gasteiger partial charge < -0.3 is 5.32 Å². The first-order valence-electron chi connectivity index (χ1n) is 8.17. The van der Waals surface area contributed by atoms with Gasteiger partial charge in [0.2, 0.25) is 15.9 Å². The molecule has 0 radical (unpaired) electrons. The van der Waals surface area contributed by atoms with E-state index in [9.17, 15) is 17.6 Å². The van der Waals surface area contributed by atoms with Crippen molar-refractivity contribution in [2.45, 2.75) is 26.8 Å². The van der Waals surface area contributed by atoms with Crippen LogP contribution in [0.3, 0.4) is 0 Å². The number of nitrogens with one attached hydrogen (secondary N) is 1. The lowest BCUT2D eigenvalue weighted by molar-refractivity contribution is -0.120. The number of anilines is 1. The zero-order valence-electron chi connectivity index (χ0n) is 15.3. The number of sulfonamides is 1. The third-order valence-corrected chi connectivity index (χ3v) is 5.35. The molecule has 1 atom stereocenters. The molecule has 26 heavy (non-hydrogen) atoms. The summed E-state index contributed by atoms with van der Waals surface area (Å²) >= 11 is 0. The van der Waals surface area contributed by atoms with E-state index in [4.69, 9.17) is 0 Å². The van der Waals surface area contributed by atoms with Crippen molar-refractivity contribution in [1.82, 2.24) is 5.32 Å². The average Bonchev–Trinajstić information content (AvgIpc) is 2.55. The standard InChI is InChI=1S/C19H23FN2O3S/c1-13-5-6-16(11-14(13)2)15(3)21-19(23)12-22(26(4,24)25)18-9-7-17(20)8-10-18/h5-11,15H,12H2,1-4H3,(H,21,23)/t15-/m1/s1. The smallest absolute Gasteiger partial charge is 0.241 e. The van der Waals surface area contributed by atoms with E-state index < -0.39 is 21.7 Å². The summed E-state index contributed by atoms with van der Waals surface area (Å²) in [7, 11) is -3.69. The zero-order chi connectivity index (χ0) is 19.5. The van der Waals surface area contributed by atoms with Gasteiger partial charge in [-0.3, -0.25) is 9.10 Å². The fraction of sp³-hybridized carbons (Fsp3) is 0.316. The molecule has 140 valence electrons. The lowest BCUT2D eigenvalue weighted by atomic mass is 10.0. The van der Waals surface area contributed by atoms with Crippen LogP contribution in [-0.4, -0.2) is 27.1 Å². The van der Waals surface area contributed by atoms with Crippen LogP contribution in [0.4, 0.5) is 10.1 Å². The third-order valence-electron chi connectivity index (χ3n) is 4.21. The zero-order valence-corrected chi connectivity index (χ0v) is 16.1. The minimum atomic E-state index is -3.69. The molecule has 2 rings (SSSR count). The molecule has 0 spiro atoms. The SMILES string of the molecule is Cc1ccc([C@@H](C)NC(=O)CN(c2ccc(F)cc2)S(C)(=O)=O)cc1C. The number of carbonyl (C=O) groups excluding carboxylic acids is 1. The molecule has 0 aliphatic rings. The van der Waals surface area contributed by atoms with Gasteiger partial charge in [-0.1, -0.05) is 18.2 Å². The van der Waals surface area contributed by atoms with Crippen molar-refractivity contribution in [3.63, 3.8) is 0 Å². The van der Waals surface area contributed by atoms with Crippen LogP contribution in [-0.2, 0) is 14.8 Å². The maximum Gasteiger partial charge on any atom is 0.241 e. The van der Waals surface area contributed by atoms with E-state index in [1.54, 1.807) is 0 Å². The number of aryl methyl sites for hydroxylation is 2. The minimum Gasteiger partial charge on any atom is -0.348 e. The maximum absolute atomic E-state index is 13.1. The van der Waals surface area contributed by atoms with Gasteiger partial charge in [-0.05, 0) is 61.7 Å². The van der Waals surface area contributed by atoms with Crippen LogP contribution in [0, 0.1) is 19.7 Å². The number of nitrogens with zero attached hydrogens (tertiary/aromatic N) is 1. The van der Waals surface area contributed by atoms with Gasteiger partial charge in [-0.15, -0.1) is 0 Å². The quantitative estimate of drug-likeness (QED) is 0.840. The predicted octanol–water partition coefficient (Wildman–Crippen LogP) is 3.09. The monoisotopic (exact) mass is 378 g/mol. The average molecular weight is 378 g/mol. The van der Waals surface area contributed by atoms with Gasteiger partial charge in [0.05, 0.1) is 18.0 Å². The Morgan fingerprint density at radius 1 is 1.12 bits per heavy atom. The molecule has 0 aliphatic carbocycles. The van der Waals surface area contributed by atoms with E-state index in [-0.39, 0.29) is 18.3 Å². The molecule has 2 aromatic rings. The Bertz CT molecular complexity index is 896. The molecule has 0 heterocycles. The first-order chi connectivity index (χ1) is 12.1. The first-order valence-corrected chi connectivity index (χ1v) is 10.0. The molecule has 0 bridgehead atoms. The second kappa shape index (κ2) is 7.86. The largest absolute Gasteiger partial charge is 0.348 e. The predicted molar refractivity (Wildman–Crippen MR) is 101 cm³/mol. The Morgan fingerprint density at radius 3 is 2.27 bits per heavy atom. The molecular formula is C19H23FN2O3S. The van der Waals surface area contributed by atoms with Crippen molar-refractivity contribution in [3.05, 3.63) is 65.0 Å². The summed E-state index contributed by atoms with van der Waals surface area (Å²) < 4.78 is 38.1. The fourth-order valence-corrected chi connectivity index (χ4v) is 3.40. The Kier molecular flexibility index (Phi) is 6.02. The summed E-state index contributed by atoms with van der Waals surface area (Å²) in [4.78, 5) is 12.4. The summed E-state index contributed by atoms with van der Waals surface area (Å²) in [6, 6.07) is 10.6. The maximum atomic E-state index is 13.1. The number of amides is 1. The number of benzene rings is 2. The Balaban J connectivity index is 2.14. The number of hydrogen-bond acceptors (Lipinski definition) is 3.